The normalized spacial score (nSPS) is 21.6. The molecular formula is C19H25N2O3S. The molecule has 1 saturated carbocycles. The molecule has 1 heterocycles. The van der Waals surface area contributed by atoms with Gasteiger partial charge in [-0.1, -0.05) is 56.5 Å². The van der Waals surface area contributed by atoms with Crippen LogP contribution in [0.3, 0.4) is 0 Å². The van der Waals surface area contributed by atoms with Crippen molar-refractivity contribution in [3.8, 4) is 0 Å². The number of hydrogen-bond donors (Lipinski definition) is 1. The highest BCUT2D eigenvalue weighted by Crippen LogP contribution is 2.52. The SMILES string of the molecule is C[CH]C1=C(c2ccccc2)S(=O)(=O)N(C(=O)NCC)C12CCCCC2. The predicted molar refractivity (Wildman–Crippen MR) is 99.0 cm³/mol. The molecule has 25 heavy (non-hydrogen) atoms. The van der Waals surface area contributed by atoms with Crippen molar-refractivity contribution in [3.05, 3.63) is 47.9 Å². The fraction of sp³-hybridized carbons (Fsp3) is 0.474. The Hall–Kier alpha value is -1.82. The van der Waals surface area contributed by atoms with Crippen LogP contribution in [0.25, 0.3) is 4.91 Å². The number of urea groups is 1. The minimum atomic E-state index is -3.90. The van der Waals surface area contributed by atoms with Crippen LogP contribution >= 0.6 is 0 Å². The van der Waals surface area contributed by atoms with Gasteiger partial charge >= 0.3 is 6.03 Å². The average molecular weight is 361 g/mol. The van der Waals surface area contributed by atoms with Crippen molar-refractivity contribution >= 4 is 21.0 Å². The highest BCUT2D eigenvalue weighted by Gasteiger charge is 2.57. The summed E-state index contributed by atoms with van der Waals surface area (Å²) in [5, 5.41) is 2.70. The van der Waals surface area contributed by atoms with Gasteiger partial charge in [0.15, 0.2) is 0 Å². The Bertz CT molecular complexity index is 778. The van der Waals surface area contributed by atoms with Crippen LogP contribution in [0.5, 0.6) is 0 Å². The maximum absolute atomic E-state index is 13.4. The van der Waals surface area contributed by atoms with Crippen LogP contribution in [0.2, 0.25) is 0 Å². The quantitative estimate of drug-likeness (QED) is 0.893. The number of nitrogens with zero attached hydrogens (tertiary/aromatic N) is 1. The van der Waals surface area contributed by atoms with E-state index < -0.39 is 21.6 Å². The molecule has 0 saturated heterocycles. The van der Waals surface area contributed by atoms with Gasteiger partial charge in [0.05, 0.1) is 10.4 Å². The summed E-state index contributed by atoms with van der Waals surface area (Å²) in [6.45, 7) is 4.06. The molecule has 3 rings (SSSR count). The molecule has 5 nitrogen and oxygen atoms in total. The van der Waals surface area contributed by atoms with Gasteiger partial charge in [-0.2, -0.15) is 0 Å². The van der Waals surface area contributed by atoms with Gasteiger partial charge in [0.25, 0.3) is 10.0 Å². The number of hydrogen-bond acceptors (Lipinski definition) is 3. The van der Waals surface area contributed by atoms with E-state index in [0.717, 1.165) is 29.1 Å². The first kappa shape index (κ1) is 18.0. The Kier molecular flexibility index (Phi) is 4.91. The summed E-state index contributed by atoms with van der Waals surface area (Å²) in [6.07, 6.45) is 6.15. The molecule has 1 aliphatic heterocycles. The Morgan fingerprint density at radius 2 is 1.84 bits per heavy atom. The smallest absolute Gasteiger partial charge is 0.332 e. The van der Waals surface area contributed by atoms with Crippen LogP contribution in [-0.2, 0) is 10.0 Å². The first-order chi connectivity index (χ1) is 12.0. The van der Waals surface area contributed by atoms with E-state index in [9.17, 15) is 13.2 Å². The van der Waals surface area contributed by atoms with E-state index in [4.69, 9.17) is 0 Å². The van der Waals surface area contributed by atoms with E-state index in [1.54, 1.807) is 19.1 Å². The number of carbonyl (C=O) groups excluding carboxylic acids is 1. The van der Waals surface area contributed by atoms with Crippen molar-refractivity contribution in [2.24, 2.45) is 0 Å². The van der Waals surface area contributed by atoms with Gasteiger partial charge in [-0.15, -0.1) is 0 Å². The van der Waals surface area contributed by atoms with Crippen molar-refractivity contribution < 1.29 is 13.2 Å². The molecule has 2 aliphatic rings. The van der Waals surface area contributed by atoms with E-state index in [-0.39, 0.29) is 4.91 Å². The highest BCUT2D eigenvalue weighted by atomic mass is 32.2. The lowest BCUT2D eigenvalue weighted by atomic mass is 9.74. The number of benzene rings is 1. The highest BCUT2D eigenvalue weighted by molar-refractivity contribution is 7.99. The van der Waals surface area contributed by atoms with Crippen molar-refractivity contribution in [1.82, 2.24) is 9.62 Å². The Morgan fingerprint density at radius 1 is 1.20 bits per heavy atom. The van der Waals surface area contributed by atoms with Gasteiger partial charge in [-0.25, -0.2) is 17.5 Å². The van der Waals surface area contributed by atoms with Crippen molar-refractivity contribution in [3.63, 3.8) is 0 Å². The number of sulfonamides is 1. The summed E-state index contributed by atoms with van der Waals surface area (Å²) in [5.41, 5.74) is 0.660. The number of amides is 2. The molecule has 1 N–H and O–H groups in total. The number of rotatable bonds is 3. The van der Waals surface area contributed by atoms with Gasteiger partial charge in [0.2, 0.25) is 0 Å². The molecule has 0 bridgehead atoms. The minimum absolute atomic E-state index is 0.281. The van der Waals surface area contributed by atoms with Gasteiger partial charge in [0.1, 0.15) is 0 Å². The summed E-state index contributed by atoms with van der Waals surface area (Å²) >= 11 is 0. The largest absolute Gasteiger partial charge is 0.337 e. The van der Waals surface area contributed by atoms with Crippen LogP contribution in [0, 0.1) is 6.42 Å². The summed E-state index contributed by atoms with van der Waals surface area (Å²) in [7, 11) is -3.90. The molecule has 0 aromatic heterocycles. The Labute approximate surface area is 150 Å². The van der Waals surface area contributed by atoms with Gasteiger partial charge < -0.3 is 5.32 Å². The summed E-state index contributed by atoms with van der Waals surface area (Å²) in [6, 6.07) is 8.59. The first-order valence-electron chi connectivity index (χ1n) is 8.92. The maximum atomic E-state index is 13.4. The second-order valence-electron chi connectivity index (χ2n) is 6.59. The summed E-state index contributed by atoms with van der Waals surface area (Å²) < 4.78 is 28.0. The van der Waals surface area contributed by atoms with Crippen LogP contribution in [0.15, 0.2) is 35.9 Å². The van der Waals surface area contributed by atoms with Crippen molar-refractivity contribution in [2.75, 3.05) is 6.54 Å². The second-order valence-corrected chi connectivity index (χ2v) is 8.32. The monoisotopic (exact) mass is 361 g/mol. The lowest BCUT2D eigenvalue weighted by molar-refractivity contribution is 0.168. The zero-order valence-corrected chi connectivity index (χ0v) is 15.6. The van der Waals surface area contributed by atoms with Crippen molar-refractivity contribution in [2.45, 2.75) is 51.5 Å². The van der Waals surface area contributed by atoms with Crippen LogP contribution in [-0.4, -0.2) is 30.8 Å². The fourth-order valence-corrected chi connectivity index (χ4v) is 6.44. The molecule has 0 atom stereocenters. The van der Waals surface area contributed by atoms with Gasteiger partial charge in [0, 0.05) is 6.54 Å². The maximum Gasteiger partial charge on any atom is 0.332 e. The summed E-state index contributed by atoms with van der Waals surface area (Å²) in [4.78, 5) is 13.0. The van der Waals surface area contributed by atoms with E-state index >= 15 is 0 Å². The molecule has 0 unspecified atom stereocenters. The minimum Gasteiger partial charge on any atom is -0.337 e. The van der Waals surface area contributed by atoms with Gasteiger partial charge in [-0.3, -0.25) is 0 Å². The van der Waals surface area contributed by atoms with E-state index in [1.165, 1.54) is 0 Å². The molecule has 1 fully saturated rings. The molecule has 135 valence electrons. The predicted octanol–water partition coefficient (Wildman–Crippen LogP) is 3.70. The van der Waals surface area contributed by atoms with Crippen LogP contribution < -0.4 is 5.32 Å². The van der Waals surface area contributed by atoms with E-state index in [1.807, 2.05) is 31.5 Å². The molecule has 1 spiro atoms. The third-order valence-corrected chi connectivity index (χ3v) is 7.12. The first-order valence-corrected chi connectivity index (χ1v) is 10.4. The van der Waals surface area contributed by atoms with E-state index in [0.29, 0.717) is 24.9 Å². The van der Waals surface area contributed by atoms with Crippen LogP contribution in [0.4, 0.5) is 4.79 Å². The zero-order chi connectivity index (χ0) is 18.1. The third kappa shape index (κ3) is 2.76. The standard InChI is InChI=1S/C19H25N2O3S/c1-3-16-17(15-11-7-5-8-12-15)25(23,24)21(18(22)20-4-2)19(16)13-9-6-10-14-19/h3,5,7-8,11-12H,4,6,9-10,13-14H2,1-2H3,(H,20,22). The topological polar surface area (TPSA) is 66.5 Å². The molecule has 1 radical (unpaired) electrons. The van der Waals surface area contributed by atoms with Crippen LogP contribution in [0.1, 0.15) is 51.5 Å². The van der Waals surface area contributed by atoms with E-state index in [2.05, 4.69) is 5.32 Å². The molecule has 1 aliphatic carbocycles. The molecule has 1 aromatic carbocycles. The third-order valence-electron chi connectivity index (χ3n) is 5.15. The molecule has 1 aromatic rings. The Balaban J connectivity index is 2.25. The number of nitrogens with one attached hydrogen (secondary N) is 1. The summed E-state index contributed by atoms with van der Waals surface area (Å²) in [5.74, 6) is 0. The lowest BCUT2D eigenvalue weighted by Crippen LogP contribution is -2.55. The van der Waals surface area contributed by atoms with Gasteiger partial charge in [-0.05, 0) is 37.3 Å². The number of carbonyl (C=O) groups is 1. The fourth-order valence-electron chi connectivity index (χ4n) is 4.21. The lowest BCUT2D eigenvalue weighted by Gasteiger charge is -2.41. The second kappa shape index (κ2) is 6.83. The average Bonchev–Trinajstić information content (AvgIpc) is 2.79. The zero-order valence-electron chi connectivity index (χ0n) is 14.8. The Morgan fingerprint density at radius 3 is 2.40 bits per heavy atom. The molecule has 2 amide bonds. The van der Waals surface area contributed by atoms with Crippen molar-refractivity contribution in [1.29, 1.82) is 0 Å². The molecular weight excluding hydrogens is 336 g/mol. The molecule has 6 heteroatoms.